The second kappa shape index (κ2) is 8.56. The first kappa shape index (κ1) is 20.5. The second-order valence-electron chi connectivity index (χ2n) is 7.34. The summed E-state index contributed by atoms with van der Waals surface area (Å²) in [7, 11) is 1.68. The molecule has 0 unspecified atom stereocenters. The zero-order valence-electron chi connectivity index (χ0n) is 18.3. The maximum Gasteiger partial charge on any atom is 0.129 e. The molecule has 0 aliphatic heterocycles. The van der Waals surface area contributed by atoms with E-state index >= 15 is 0 Å². The van der Waals surface area contributed by atoms with Gasteiger partial charge < -0.3 is 19.8 Å². The second-order valence-corrected chi connectivity index (χ2v) is 7.34. The van der Waals surface area contributed by atoms with Gasteiger partial charge >= 0.3 is 0 Å². The molecule has 5 heteroatoms. The Balaban J connectivity index is 2.12. The van der Waals surface area contributed by atoms with E-state index in [0.29, 0.717) is 12.3 Å². The Morgan fingerprint density at radius 3 is 2.39 bits per heavy atom. The Morgan fingerprint density at radius 1 is 0.903 bits per heavy atom. The van der Waals surface area contributed by atoms with E-state index in [2.05, 4.69) is 24.5 Å². The van der Waals surface area contributed by atoms with E-state index in [0.717, 1.165) is 50.4 Å². The topological polar surface area (TPSA) is 61.8 Å². The summed E-state index contributed by atoms with van der Waals surface area (Å²) in [6.07, 6.45) is 0. The molecule has 4 aromatic rings. The molecule has 0 saturated heterocycles. The molecule has 0 aliphatic carbocycles. The van der Waals surface area contributed by atoms with Crippen molar-refractivity contribution < 1.29 is 9.47 Å². The highest BCUT2D eigenvalue weighted by Crippen LogP contribution is 2.34. The number of benzene rings is 2. The van der Waals surface area contributed by atoms with E-state index in [1.807, 2.05) is 67.6 Å². The van der Waals surface area contributed by atoms with Crippen LogP contribution in [-0.4, -0.2) is 18.3 Å². The maximum absolute atomic E-state index is 6.18. The van der Waals surface area contributed by atoms with Crippen molar-refractivity contribution in [3.8, 4) is 17.2 Å². The Hall–Kier alpha value is -3.73. The molecule has 0 fully saturated rings. The molecule has 1 aromatic heterocycles. The fourth-order valence-electron chi connectivity index (χ4n) is 4.07. The number of methoxy groups -OCH3 is 1. The zero-order valence-corrected chi connectivity index (χ0v) is 18.3. The molecule has 2 N–H and O–H groups in total. The summed E-state index contributed by atoms with van der Waals surface area (Å²) in [4.78, 5) is 4.93. The fraction of sp³-hybridized carbons (Fsp3) is 0.192. The molecule has 0 bridgehead atoms. The van der Waals surface area contributed by atoms with Crippen molar-refractivity contribution in [3.05, 3.63) is 83.5 Å². The first-order valence-corrected chi connectivity index (χ1v) is 10.4. The Bertz CT molecular complexity index is 1320. The highest BCUT2D eigenvalue weighted by molar-refractivity contribution is 5.93. The Morgan fingerprint density at radius 2 is 1.65 bits per heavy atom. The summed E-state index contributed by atoms with van der Waals surface area (Å²) < 4.78 is 13.7. The molecule has 0 atom stereocenters. The number of rotatable bonds is 5. The van der Waals surface area contributed by atoms with Crippen molar-refractivity contribution in [1.29, 1.82) is 0 Å². The molecule has 0 aliphatic rings. The number of para-hydroxylation sites is 2. The van der Waals surface area contributed by atoms with Crippen LogP contribution in [0.4, 0.5) is 11.4 Å². The molecule has 158 valence electrons. The first-order chi connectivity index (χ1) is 15.0. The van der Waals surface area contributed by atoms with Gasteiger partial charge in [-0.15, -0.1) is 0 Å². The van der Waals surface area contributed by atoms with Gasteiger partial charge in [-0.2, -0.15) is 0 Å². The van der Waals surface area contributed by atoms with Crippen LogP contribution in [0.5, 0.6) is 11.5 Å². The summed E-state index contributed by atoms with van der Waals surface area (Å²) in [6, 6.07) is 21.7. The number of hydrogen-bond acceptors (Lipinski definition) is 4. The number of nitrogens with two attached hydrogens (primary N) is 1. The highest BCUT2D eigenvalue weighted by Gasteiger charge is 2.17. The smallest absolute Gasteiger partial charge is 0.129 e. The van der Waals surface area contributed by atoms with Crippen molar-refractivity contribution >= 4 is 22.1 Å². The fourth-order valence-corrected chi connectivity index (χ4v) is 4.07. The minimum absolute atomic E-state index is 0.583. The van der Waals surface area contributed by atoms with Gasteiger partial charge in [0.25, 0.3) is 0 Å². The van der Waals surface area contributed by atoms with Gasteiger partial charge in [0.15, 0.2) is 0 Å². The number of aryl methyl sites for hydroxylation is 2. The number of hydrogen-bond donors (Lipinski definition) is 1. The molecule has 1 heterocycles. The third kappa shape index (κ3) is 3.75. The van der Waals surface area contributed by atoms with Gasteiger partial charge in [0, 0.05) is 33.9 Å². The average Bonchev–Trinajstić information content (AvgIpc) is 2.91. The lowest BCUT2D eigenvalue weighted by Crippen LogP contribution is -2.03. The maximum atomic E-state index is 6.18. The van der Waals surface area contributed by atoms with Crippen LogP contribution in [0, 0.1) is 13.8 Å². The standard InChI is InChI=1S/C26H27N3O2/c1-5-31-24-15-9-14-23(28-22-13-7-6-12-21(22)27)25-17(2)29(18(3)26(24)25)19-10-8-11-20(16-19)30-4/h6-16H,5,27H2,1-4H3. The van der Waals surface area contributed by atoms with Crippen LogP contribution in [0.1, 0.15) is 18.3 Å². The van der Waals surface area contributed by atoms with Gasteiger partial charge in [-0.05, 0) is 57.2 Å². The van der Waals surface area contributed by atoms with Crippen molar-refractivity contribution in [2.75, 3.05) is 19.5 Å². The van der Waals surface area contributed by atoms with Crippen molar-refractivity contribution in [2.45, 2.75) is 20.8 Å². The van der Waals surface area contributed by atoms with Crippen molar-refractivity contribution in [2.24, 2.45) is 4.99 Å². The summed E-state index contributed by atoms with van der Waals surface area (Å²) in [5, 5.41) is 2.93. The van der Waals surface area contributed by atoms with E-state index in [1.54, 1.807) is 7.11 Å². The monoisotopic (exact) mass is 413 g/mol. The van der Waals surface area contributed by atoms with Crippen molar-refractivity contribution in [3.63, 3.8) is 0 Å². The third-order valence-corrected chi connectivity index (χ3v) is 5.44. The molecule has 3 aromatic carbocycles. The van der Waals surface area contributed by atoms with Crippen LogP contribution in [-0.2, 0) is 0 Å². The van der Waals surface area contributed by atoms with Crippen LogP contribution < -0.4 is 20.6 Å². The van der Waals surface area contributed by atoms with E-state index < -0.39 is 0 Å². The van der Waals surface area contributed by atoms with Crippen LogP contribution in [0.25, 0.3) is 16.5 Å². The predicted molar refractivity (Wildman–Crippen MR) is 127 cm³/mol. The van der Waals surface area contributed by atoms with Gasteiger partial charge in [0.05, 0.1) is 30.4 Å². The lowest BCUT2D eigenvalue weighted by atomic mass is 10.2. The largest absolute Gasteiger partial charge is 0.497 e. The normalized spacial score (nSPS) is 11.7. The highest BCUT2D eigenvalue weighted by atomic mass is 16.5. The summed E-state index contributed by atoms with van der Waals surface area (Å²) in [6.45, 7) is 6.80. The number of nitrogen functional groups attached to an aromatic ring is 1. The van der Waals surface area contributed by atoms with E-state index in [-0.39, 0.29) is 0 Å². The summed E-state index contributed by atoms with van der Waals surface area (Å²) >= 11 is 0. The van der Waals surface area contributed by atoms with E-state index in [4.69, 9.17) is 20.2 Å². The molecule has 31 heavy (non-hydrogen) atoms. The summed E-state index contributed by atoms with van der Waals surface area (Å²) in [5.41, 5.74) is 10.8. The zero-order chi connectivity index (χ0) is 22.0. The van der Waals surface area contributed by atoms with Crippen LogP contribution in [0.3, 0.4) is 0 Å². The quantitative estimate of drug-likeness (QED) is 0.441. The van der Waals surface area contributed by atoms with Crippen LogP contribution >= 0.6 is 0 Å². The third-order valence-electron chi connectivity index (χ3n) is 5.44. The molecule has 0 amide bonds. The molecule has 0 saturated carbocycles. The number of ether oxygens (including phenoxy) is 2. The molecule has 0 radical (unpaired) electrons. The molecule has 5 nitrogen and oxygen atoms in total. The van der Waals surface area contributed by atoms with E-state index in [1.165, 1.54) is 0 Å². The van der Waals surface area contributed by atoms with Gasteiger partial charge in [0.1, 0.15) is 11.5 Å². The Labute approximate surface area is 182 Å². The van der Waals surface area contributed by atoms with Gasteiger partial charge in [0.2, 0.25) is 0 Å². The minimum Gasteiger partial charge on any atom is -0.497 e. The lowest BCUT2D eigenvalue weighted by Gasteiger charge is -2.11. The SMILES string of the molecule is CCOc1cccc(=Nc2ccccc2N)c2c(C)n(-c3cccc(OC)c3)c(C)c12. The summed E-state index contributed by atoms with van der Waals surface area (Å²) in [5.74, 6) is 1.65. The molecule has 0 spiro atoms. The predicted octanol–water partition coefficient (Wildman–Crippen LogP) is 5.47. The van der Waals surface area contributed by atoms with Gasteiger partial charge in [-0.3, -0.25) is 0 Å². The van der Waals surface area contributed by atoms with E-state index in [9.17, 15) is 0 Å². The molecule has 4 rings (SSSR count). The Kier molecular flexibility index (Phi) is 5.67. The van der Waals surface area contributed by atoms with Crippen LogP contribution in [0.15, 0.2) is 71.7 Å². The lowest BCUT2D eigenvalue weighted by molar-refractivity contribution is 0.344. The first-order valence-electron chi connectivity index (χ1n) is 10.4. The number of anilines is 1. The number of nitrogens with zero attached hydrogens (tertiary/aromatic N) is 2. The number of fused-ring (bicyclic) bond motifs is 1. The number of aromatic nitrogens is 1. The van der Waals surface area contributed by atoms with Gasteiger partial charge in [-0.1, -0.05) is 24.3 Å². The van der Waals surface area contributed by atoms with Gasteiger partial charge in [-0.25, -0.2) is 4.99 Å². The minimum atomic E-state index is 0.583. The van der Waals surface area contributed by atoms with Crippen molar-refractivity contribution in [1.82, 2.24) is 4.57 Å². The molecular formula is C26H27N3O2. The van der Waals surface area contributed by atoms with Crippen LogP contribution in [0.2, 0.25) is 0 Å². The molecular weight excluding hydrogens is 386 g/mol. The average molecular weight is 414 g/mol.